The number of carbonyl (C=O) groups is 3. The fourth-order valence-electron chi connectivity index (χ4n) is 2.15. The zero-order chi connectivity index (χ0) is 14.5. The summed E-state index contributed by atoms with van der Waals surface area (Å²) in [4.78, 5) is 33.1. The van der Waals surface area contributed by atoms with Crippen LogP contribution in [0.25, 0.3) is 0 Å². The van der Waals surface area contributed by atoms with Crippen molar-refractivity contribution in [2.45, 2.75) is 13.3 Å². The number of benzene rings is 1. The quantitative estimate of drug-likeness (QED) is 0.604. The van der Waals surface area contributed by atoms with Crippen molar-refractivity contribution in [3.8, 4) is 0 Å². The molecule has 1 rings (SSSR count). The third-order valence-electron chi connectivity index (χ3n) is 2.86. The van der Waals surface area contributed by atoms with Gasteiger partial charge in [0.05, 0.1) is 0 Å². The Labute approximate surface area is 113 Å². The standard InChI is InChI=1S/C6H5.3C2H3O2.Sn/c1-2-4-6-5-3-1;3*1-2(3)4;/h1-5H;3*1H2,(H,3,4);. The zero-order valence-corrected chi connectivity index (χ0v) is 12.9. The van der Waals surface area contributed by atoms with Crippen LogP contribution in [0, 0.1) is 0 Å². The van der Waals surface area contributed by atoms with Gasteiger partial charge in [0.2, 0.25) is 0 Å². The van der Waals surface area contributed by atoms with Crippen LogP contribution in [-0.2, 0) is 14.4 Å². The van der Waals surface area contributed by atoms with Crippen LogP contribution in [0.5, 0.6) is 0 Å². The molecule has 0 spiro atoms. The first-order valence-electron chi connectivity index (χ1n) is 5.57. The van der Waals surface area contributed by atoms with E-state index < -0.39 is 36.3 Å². The van der Waals surface area contributed by atoms with Crippen LogP contribution in [-0.4, -0.2) is 51.6 Å². The summed E-state index contributed by atoms with van der Waals surface area (Å²) in [6.07, 6.45) is 0. The first kappa shape index (κ1) is 15.5. The third kappa shape index (κ3) is 4.55. The molecular weight excluding hydrogens is 359 g/mol. The normalized spacial score (nSPS) is 10.9. The van der Waals surface area contributed by atoms with Crippen molar-refractivity contribution in [2.24, 2.45) is 0 Å². The van der Waals surface area contributed by atoms with Crippen molar-refractivity contribution in [1.29, 1.82) is 0 Å². The Kier molecular flexibility index (Phi) is 5.34. The Morgan fingerprint density at radius 2 is 1.16 bits per heavy atom. The molecule has 102 valence electrons. The Morgan fingerprint density at radius 1 is 0.789 bits per heavy atom. The predicted molar refractivity (Wildman–Crippen MR) is 69.2 cm³/mol. The monoisotopic (exact) mass is 374 g/mol. The van der Waals surface area contributed by atoms with Crippen molar-refractivity contribution in [3.63, 3.8) is 0 Å². The number of carboxylic acid groups (broad SMARTS) is 3. The van der Waals surface area contributed by atoms with E-state index in [1.165, 1.54) is 0 Å². The average Bonchev–Trinajstić information content (AvgIpc) is 2.27. The van der Waals surface area contributed by atoms with Crippen LogP contribution in [0.2, 0.25) is 13.3 Å². The number of hydrogen-bond acceptors (Lipinski definition) is 3. The van der Waals surface area contributed by atoms with Gasteiger partial charge in [-0.25, -0.2) is 0 Å². The van der Waals surface area contributed by atoms with E-state index in [9.17, 15) is 14.4 Å². The topological polar surface area (TPSA) is 112 Å². The molecule has 19 heavy (non-hydrogen) atoms. The predicted octanol–water partition coefficient (Wildman–Crippen LogP) is 0.596. The molecule has 1 aromatic rings. The fourth-order valence-corrected chi connectivity index (χ4v) is 12.5. The molecular formula is C12H14O6Sn. The van der Waals surface area contributed by atoms with Gasteiger partial charge < -0.3 is 0 Å². The molecule has 0 atom stereocenters. The van der Waals surface area contributed by atoms with E-state index >= 15 is 0 Å². The molecule has 7 heteroatoms. The maximum atomic E-state index is 11.0. The van der Waals surface area contributed by atoms with Gasteiger partial charge in [0.1, 0.15) is 0 Å². The minimum atomic E-state index is -4.04. The molecule has 3 N–H and O–H groups in total. The van der Waals surface area contributed by atoms with E-state index in [1.54, 1.807) is 30.3 Å². The second kappa shape index (κ2) is 6.55. The van der Waals surface area contributed by atoms with Crippen LogP contribution in [0.1, 0.15) is 0 Å². The molecule has 0 saturated heterocycles. The van der Waals surface area contributed by atoms with Crippen LogP contribution in [0.4, 0.5) is 0 Å². The summed E-state index contributed by atoms with van der Waals surface area (Å²) in [5.41, 5.74) is 0. The molecule has 0 saturated carbocycles. The third-order valence-corrected chi connectivity index (χ3v) is 15.7. The van der Waals surface area contributed by atoms with Crippen LogP contribution in [0.3, 0.4) is 0 Å². The van der Waals surface area contributed by atoms with E-state index in [4.69, 9.17) is 15.3 Å². The molecule has 0 amide bonds. The summed E-state index contributed by atoms with van der Waals surface area (Å²) in [6, 6.07) is 8.36. The second-order valence-electron chi connectivity index (χ2n) is 4.36. The first-order valence-corrected chi connectivity index (χ1v) is 13.0. The van der Waals surface area contributed by atoms with Gasteiger partial charge in [-0.15, -0.1) is 0 Å². The average molecular weight is 373 g/mol. The van der Waals surface area contributed by atoms with E-state index in [0.717, 1.165) is 0 Å². The molecule has 0 bridgehead atoms. The minimum absolute atomic E-state index is 0.336. The van der Waals surface area contributed by atoms with E-state index in [-0.39, 0.29) is 13.3 Å². The van der Waals surface area contributed by atoms with Crippen molar-refractivity contribution in [1.82, 2.24) is 0 Å². The Hall–Kier alpha value is -1.57. The maximum absolute atomic E-state index is 11.0. The Balaban J connectivity index is 3.28. The van der Waals surface area contributed by atoms with Gasteiger partial charge >= 0.3 is 113 Å². The summed E-state index contributed by atoms with van der Waals surface area (Å²) < 4.78 is -0.393. The van der Waals surface area contributed by atoms with Gasteiger partial charge in [0.15, 0.2) is 0 Å². The molecule has 0 aliphatic rings. The second-order valence-corrected chi connectivity index (χ2v) is 16.3. The molecule has 0 heterocycles. The van der Waals surface area contributed by atoms with Crippen LogP contribution in [0.15, 0.2) is 30.3 Å². The van der Waals surface area contributed by atoms with Gasteiger partial charge in [0, 0.05) is 0 Å². The van der Waals surface area contributed by atoms with Gasteiger partial charge in [0.25, 0.3) is 0 Å². The van der Waals surface area contributed by atoms with E-state index in [2.05, 4.69) is 0 Å². The number of carboxylic acids is 3. The number of hydrogen-bond donors (Lipinski definition) is 3. The van der Waals surface area contributed by atoms with Crippen molar-refractivity contribution >= 4 is 39.9 Å². The molecule has 0 unspecified atom stereocenters. The molecule has 0 fully saturated rings. The SMILES string of the molecule is O=C(O)[CH2][Sn]([CH2]C(=O)O)([CH2]C(=O)O)[c]1ccccc1. The van der Waals surface area contributed by atoms with Gasteiger partial charge in [-0.05, 0) is 0 Å². The summed E-state index contributed by atoms with van der Waals surface area (Å²) in [7, 11) is 0. The van der Waals surface area contributed by atoms with Crippen molar-refractivity contribution < 1.29 is 29.7 Å². The molecule has 1 aromatic carbocycles. The Morgan fingerprint density at radius 3 is 1.47 bits per heavy atom. The summed E-state index contributed by atoms with van der Waals surface area (Å²) >= 11 is -4.04. The van der Waals surface area contributed by atoms with Gasteiger partial charge in [-0.3, -0.25) is 0 Å². The number of rotatable bonds is 7. The van der Waals surface area contributed by atoms with Gasteiger partial charge in [-0.1, -0.05) is 0 Å². The van der Waals surface area contributed by atoms with E-state index in [1.807, 2.05) is 0 Å². The van der Waals surface area contributed by atoms with Crippen molar-refractivity contribution in [2.75, 3.05) is 0 Å². The van der Waals surface area contributed by atoms with Crippen LogP contribution >= 0.6 is 0 Å². The zero-order valence-electron chi connectivity index (χ0n) is 10.1. The van der Waals surface area contributed by atoms with E-state index in [0.29, 0.717) is 3.58 Å². The molecule has 0 radical (unpaired) electrons. The van der Waals surface area contributed by atoms with Crippen molar-refractivity contribution in [3.05, 3.63) is 30.3 Å². The number of aliphatic carboxylic acids is 3. The molecule has 0 aromatic heterocycles. The summed E-state index contributed by atoms with van der Waals surface area (Å²) in [5.74, 6) is -3.41. The van der Waals surface area contributed by atoms with Gasteiger partial charge in [-0.2, -0.15) is 0 Å². The summed E-state index contributed by atoms with van der Waals surface area (Å²) in [5, 5.41) is 27.0. The molecule has 0 aliphatic heterocycles. The fraction of sp³-hybridized carbons (Fsp3) is 0.250. The van der Waals surface area contributed by atoms with Crippen LogP contribution < -0.4 is 3.58 Å². The molecule has 0 aliphatic carbocycles. The first-order chi connectivity index (χ1) is 8.85. The Bertz CT molecular complexity index is 443. The summed E-state index contributed by atoms with van der Waals surface area (Å²) in [6.45, 7) is 0. The molecule has 6 nitrogen and oxygen atoms in total.